The Balaban J connectivity index is 2.38. The zero-order valence-corrected chi connectivity index (χ0v) is 12.1. The molecule has 108 valence electrons. The molecular weight excluding hydrogens is 291 g/mol. The summed E-state index contributed by atoms with van der Waals surface area (Å²) in [6.45, 7) is 1.26. The Morgan fingerprint density at radius 1 is 1.10 bits per heavy atom. The molecule has 0 aromatic heterocycles. The number of aliphatic carboxylic acids is 1. The second kappa shape index (κ2) is 6.54. The van der Waals surface area contributed by atoms with Crippen molar-refractivity contribution in [3.63, 3.8) is 0 Å². The monoisotopic (exact) mass is 304 g/mol. The molecule has 21 heavy (non-hydrogen) atoms. The van der Waals surface area contributed by atoms with Crippen molar-refractivity contribution >= 4 is 22.8 Å². The number of halogens is 1. The molecule has 0 aliphatic rings. The lowest BCUT2D eigenvalue weighted by Gasteiger charge is -2.12. The lowest BCUT2D eigenvalue weighted by atomic mass is 10.0. The molecule has 0 heterocycles. The fourth-order valence-corrected chi connectivity index (χ4v) is 2.71. The summed E-state index contributed by atoms with van der Waals surface area (Å²) in [7, 11) is 0. The van der Waals surface area contributed by atoms with Crippen molar-refractivity contribution < 1.29 is 19.1 Å². The van der Waals surface area contributed by atoms with Crippen LogP contribution in [0.3, 0.4) is 0 Å². The topological polar surface area (TPSA) is 54.4 Å². The van der Waals surface area contributed by atoms with E-state index >= 15 is 0 Å². The van der Waals surface area contributed by atoms with E-state index in [1.54, 1.807) is 6.07 Å². The van der Waals surface area contributed by atoms with E-state index in [1.165, 1.54) is 19.1 Å². The molecule has 5 heteroatoms. The van der Waals surface area contributed by atoms with Gasteiger partial charge in [-0.3, -0.25) is 9.59 Å². The van der Waals surface area contributed by atoms with Crippen LogP contribution in [0.15, 0.2) is 48.5 Å². The van der Waals surface area contributed by atoms with E-state index in [2.05, 4.69) is 0 Å². The fourth-order valence-electron chi connectivity index (χ4n) is 1.96. The maximum absolute atomic E-state index is 14.2. The van der Waals surface area contributed by atoms with Crippen LogP contribution in [-0.2, 0) is 9.59 Å². The molecule has 0 saturated heterocycles. The molecule has 2 rings (SSSR count). The van der Waals surface area contributed by atoms with Gasteiger partial charge in [0.2, 0.25) is 0 Å². The molecule has 0 saturated carbocycles. The normalized spacial score (nSPS) is 11.9. The Kier molecular flexibility index (Phi) is 4.75. The smallest absolute Gasteiger partial charge is 0.321 e. The lowest BCUT2D eigenvalue weighted by Crippen LogP contribution is -2.11. The number of carbonyl (C=O) groups is 2. The van der Waals surface area contributed by atoms with Crippen LogP contribution in [0.2, 0.25) is 0 Å². The largest absolute Gasteiger partial charge is 0.480 e. The summed E-state index contributed by atoms with van der Waals surface area (Å²) in [6, 6.07) is 13.6. The minimum absolute atomic E-state index is 0.00220. The van der Waals surface area contributed by atoms with E-state index in [0.717, 1.165) is 5.56 Å². The first kappa shape index (κ1) is 15.3. The van der Waals surface area contributed by atoms with Crippen molar-refractivity contribution in [2.75, 3.05) is 0 Å². The molecule has 0 spiro atoms. The van der Waals surface area contributed by atoms with Crippen molar-refractivity contribution in [1.82, 2.24) is 0 Å². The number of thioether (sulfide) groups is 1. The highest BCUT2D eigenvalue weighted by Gasteiger charge is 2.25. The molecule has 1 atom stereocenters. The Morgan fingerprint density at radius 3 is 2.29 bits per heavy atom. The average Bonchev–Trinajstić information content (AvgIpc) is 2.45. The van der Waals surface area contributed by atoms with Crippen molar-refractivity contribution in [2.24, 2.45) is 0 Å². The fraction of sp³-hybridized carbons (Fsp3) is 0.125. The molecule has 0 fully saturated rings. The second-order valence-electron chi connectivity index (χ2n) is 4.43. The zero-order valence-electron chi connectivity index (χ0n) is 11.2. The summed E-state index contributed by atoms with van der Waals surface area (Å²) in [4.78, 5) is 22.3. The summed E-state index contributed by atoms with van der Waals surface area (Å²) in [5, 5.41) is 7.55. The molecule has 0 bridgehead atoms. The number of hydrogen-bond acceptors (Lipinski definition) is 3. The summed E-state index contributed by atoms with van der Waals surface area (Å²) in [5.41, 5.74) is 1.50. The Bertz CT molecular complexity index is 670. The van der Waals surface area contributed by atoms with Gasteiger partial charge in [-0.2, -0.15) is 0 Å². The third-order valence-corrected chi connectivity index (χ3v) is 3.92. The zero-order chi connectivity index (χ0) is 15.4. The maximum Gasteiger partial charge on any atom is 0.321 e. The number of benzene rings is 2. The summed E-state index contributed by atoms with van der Waals surface area (Å²) in [6.07, 6.45) is 0. The van der Waals surface area contributed by atoms with Crippen LogP contribution in [0.4, 0.5) is 4.39 Å². The van der Waals surface area contributed by atoms with E-state index in [9.17, 15) is 14.0 Å². The molecular formula is C16H13FO3S. The van der Waals surface area contributed by atoms with Crippen molar-refractivity contribution in [3.8, 4) is 11.1 Å². The third-order valence-electron chi connectivity index (χ3n) is 2.90. The first-order valence-electron chi connectivity index (χ1n) is 6.24. The molecule has 3 nitrogen and oxygen atoms in total. The Morgan fingerprint density at radius 2 is 1.76 bits per heavy atom. The van der Waals surface area contributed by atoms with Crippen LogP contribution >= 0.6 is 11.8 Å². The van der Waals surface area contributed by atoms with Gasteiger partial charge >= 0.3 is 5.97 Å². The number of carbonyl (C=O) groups excluding carboxylic acids is 1. The van der Waals surface area contributed by atoms with Gasteiger partial charge in [0.25, 0.3) is 0 Å². The number of carboxylic acids is 1. The summed E-state index contributed by atoms with van der Waals surface area (Å²) in [5.74, 6) is -1.86. The first-order chi connectivity index (χ1) is 9.99. The molecule has 0 amide bonds. The van der Waals surface area contributed by atoms with E-state index in [0.29, 0.717) is 17.3 Å². The van der Waals surface area contributed by atoms with Gasteiger partial charge < -0.3 is 5.11 Å². The second-order valence-corrected chi connectivity index (χ2v) is 5.71. The van der Waals surface area contributed by atoms with Crippen LogP contribution in [0.5, 0.6) is 0 Å². The molecule has 0 radical (unpaired) electrons. The van der Waals surface area contributed by atoms with Crippen LogP contribution in [-0.4, -0.2) is 16.2 Å². The van der Waals surface area contributed by atoms with Gasteiger partial charge in [-0.1, -0.05) is 54.2 Å². The maximum atomic E-state index is 14.2. The van der Waals surface area contributed by atoms with E-state index in [4.69, 9.17) is 5.11 Å². The first-order valence-corrected chi connectivity index (χ1v) is 7.12. The van der Waals surface area contributed by atoms with Crippen LogP contribution in [0, 0.1) is 5.82 Å². The molecule has 0 aliphatic heterocycles. The minimum atomic E-state index is -1.23. The molecule has 1 N–H and O–H groups in total. The van der Waals surface area contributed by atoms with Gasteiger partial charge in [0.05, 0.1) is 0 Å². The van der Waals surface area contributed by atoms with E-state index < -0.39 is 17.0 Å². The van der Waals surface area contributed by atoms with Gasteiger partial charge in [-0.05, 0) is 17.2 Å². The predicted octanol–water partition coefficient (Wildman–Crippen LogP) is 3.90. The summed E-state index contributed by atoms with van der Waals surface area (Å²) < 4.78 is 14.2. The standard InChI is InChI=1S/C16H13FO3S/c1-10(18)21-15(16(19)20)13-8-7-12(9-14(13)17)11-5-3-2-4-6-11/h2-9,15H,1H3,(H,19,20). The number of rotatable bonds is 4. The predicted molar refractivity (Wildman–Crippen MR) is 80.5 cm³/mol. The lowest BCUT2D eigenvalue weighted by molar-refractivity contribution is -0.136. The van der Waals surface area contributed by atoms with Gasteiger partial charge in [0.1, 0.15) is 11.1 Å². The molecule has 0 aliphatic carbocycles. The van der Waals surface area contributed by atoms with Gasteiger partial charge in [-0.15, -0.1) is 0 Å². The van der Waals surface area contributed by atoms with Crippen LogP contribution in [0.1, 0.15) is 17.7 Å². The van der Waals surface area contributed by atoms with Crippen LogP contribution in [0.25, 0.3) is 11.1 Å². The molecule has 2 aromatic carbocycles. The highest BCUT2D eigenvalue weighted by Crippen LogP contribution is 2.33. The number of carboxylic acid groups (broad SMARTS) is 1. The van der Waals surface area contributed by atoms with Crippen molar-refractivity contribution in [3.05, 3.63) is 59.9 Å². The highest BCUT2D eigenvalue weighted by atomic mass is 32.2. The Hall–Kier alpha value is -2.14. The minimum Gasteiger partial charge on any atom is -0.480 e. The van der Waals surface area contributed by atoms with Crippen molar-refractivity contribution in [2.45, 2.75) is 12.2 Å². The molecule has 2 aromatic rings. The van der Waals surface area contributed by atoms with Crippen molar-refractivity contribution in [1.29, 1.82) is 0 Å². The van der Waals surface area contributed by atoms with Crippen LogP contribution < -0.4 is 0 Å². The highest BCUT2D eigenvalue weighted by molar-refractivity contribution is 8.14. The quantitative estimate of drug-likeness (QED) is 0.931. The van der Waals surface area contributed by atoms with E-state index in [-0.39, 0.29) is 10.7 Å². The van der Waals surface area contributed by atoms with E-state index in [1.807, 2.05) is 30.3 Å². The SMILES string of the molecule is CC(=O)SC(C(=O)O)c1ccc(-c2ccccc2)cc1F. The van der Waals surface area contributed by atoms with Gasteiger partial charge in [0.15, 0.2) is 5.12 Å². The third kappa shape index (κ3) is 3.70. The average molecular weight is 304 g/mol. The molecule has 1 unspecified atom stereocenters. The Labute approximate surface area is 125 Å². The van der Waals surface area contributed by atoms with Gasteiger partial charge in [0, 0.05) is 12.5 Å². The van der Waals surface area contributed by atoms with Gasteiger partial charge in [-0.25, -0.2) is 4.39 Å². The number of hydrogen-bond donors (Lipinski definition) is 1. The summed E-state index contributed by atoms with van der Waals surface area (Å²) >= 11 is 0.598.